The largest absolute Gasteiger partial charge is 0.493 e. The maximum atomic E-state index is 5.87. The van der Waals surface area contributed by atoms with E-state index in [4.69, 9.17) is 9.47 Å². The summed E-state index contributed by atoms with van der Waals surface area (Å²) in [6.45, 7) is 4.42. The van der Waals surface area contributed by atoms with Crippen LogP contribution in [0.1, 0.15) is 18.1 Å². The molecule has 0 aromatic heterocycles. The molecule has 3 nitrogen and oxygen atoms in total. The standard InChI is InChI=1S/C17H20INO2/c1-3-19-11-14-6-9-16(17(10-14)20-2)21-12-13-4-7-15(18)8-5-13/h4-10,19H,3,11-12H2,1-2H3. The number of hydrogen-bond acceptors (Lipinski definition) is 3. The minimum atomic E-state index is 0.542. The second kappa shape index (κ2) is 8.24. The van der Waals surface area contributed by atoms with Gasteiger partial charge in [-0.1, -0.05) is 25.1 Å². The molecule has 0 fully saturated rings. The van der Waals surface area contributed by atoms with Crippen molar-refractivity contribution in [1.29, 1.82) is 0 Å². The third-order valence-electron chi connectivity index (χ3n) is 3.11. The summed E-state index contributed by atoms with van der Waals surface area (Å²) in [6, 6.07) is 14.4. The van der Waals surface area contributed by atoms with E-state index in [-0.39, 0.29) is 0 Å². The monoisotopic (exact) mass is 397 g/mol. The molecular weight excluding hydrogens is 377 g/mol. The van der Waals surface area contributed by atoms with E-state index in [1.807, 2.05) is 12.1 Å². The van der Waals surface area contributed by atoms with Crippen molar-refractivity contribution in [2.45, 2.75) is 20.1 Å². The molecule has 0 heterocycles. The summed E-state index contributed by atoms with van der Waals surface area (Å²) in [7, 11) is 1.67. The zero-order valence-corrected chi connectivity index (χ0v) is 14.5. The van der Waals surface area contributed by atoms with Crippen LogP contribution >= 0.6 is 22.6 Å². The molecule has 2 aromatic rings. The molecule has 0 aliphatic rings. The van der Waals surface area contributed by atoms with Crippen LogP contribution in [-0.4, -0.2) is 13.7 Å². The van der Waals surface area contributed by atoms with E-state index >= 15 is 0 Å². The van der Waals surface area contributed by atoms with E-state index in [1.54, 1.807) is 7.11 Å². The molecule has 0 bridgehead atoms. The maximum absolute atomic E-state index is 5.87. The Labute approximate surface area is 139 Å². The molecule has 0 aliphatic heterocycles. The molecule has 0 atom stereocenters. The van der Waals surface area contributed by atoms with Gasteiger partial charge in [-0.15, -0.1) is 0 Å². The van der Waals surface area contributed by atoms with Crippen molar-refractivity contribution in [2.24, 2.45) is 0 Å². The third kappa shape index (κ3) is 4.89. The highest BCUT2D eigenvalue weighted by molar-refractivity contribution is 14.1. The zero-order chi connectivity index (χ0) is 15.1. The molecule has 0 saturated heterocycles. The van der Waals surface area contributed by atoms with Crippen LogP contribution in [0.25, 0.3) is 0 Å². The lowest BCUT2D eigenvalue weighted by molar-refractivity contribution is 0.284. The molecule has 4 heteroatoms. The van der Waals surface area contributed by atoms with Gasteiger partial charge in [0.1, 0.15) is 6.61 Å². The molecule has 0 aliphatic carbocycles. The summed E-state index contributed by atoms with van der Waals surface area (Å²) < 4.78 is 12.5. The van der Waals surface area contributed by atoms with Gasteiger partial charge in [0, 0.05) is 10.1 Å². The predicted octanol–water partition coefficient (Wildman–Crippen LogP) is 3.99. The fourth-order valence-electron chi connectivity index (χ4n) is 1.95. The Kier molecular flexibility index (Phi) is 6.32. The first-order valence-electron chi connectivity index (χ1n) is 6.97. The molecule has 0 spiro atoms. The minimum Gasteiger partial charge on any atom is -0.493 e. The topological polar surface area (TPSA) is 30.5 Å². The second-order valence-corrected chi connectivity index (χ2v) is 5.93. The Balaban J connectivity index is 2.03. The third-order valence-corrected chi connectivity index (χ3v) is 3.83. The van der Waals surface area contributed by atoms with Crippen LogP contribution < -0.4 is 14.8 Å². The van der Waals surface area contributed by atoms with Gasteiger partial charge in [0.15, 0.2) is 11.5 Å². The second-order valence-electron chi connectivity index (χ2n) is 4.68. The molecule has 0 saturated carbocycles. The number of halogens is 1. The van der Waals surface area contributed by atoms with Crippen molar-refractivity contribution < 1.29 is 9.47 Å². The first-order valence-corrected chi connectivity index (χ1v) is 8.05. The van der Waals surface area contributed by atoms with Gasteiger partial charge in [0.05, 0.1) is 7.11 Å². The number of ether oxygens (including phenoxy) is 2. The summed E-state index contributed by atoms with van der Waals surface area (Å²) in [6.07, 6.45) is 0. The molecule has 1 N–H and O–H groups in total. The lowest BCUT2D eigenvalue weighted by Crippen LogP contribution is -2.11. The molecule has 2 aromatic carbocycles. The van der Waals surface area contributed by atoms with Gasteiger partial charge in [0.25, 0.3) is 0 Å². The van der Waals surface area contributed by atoms with E-state index in [2.05, 4.69) is 65.2 Å². The number of rotatable bonds is 7. The van der Waals surface area contributed by atoms with Crippen molar-refractivity contribution in [3.63, 3.8) is 0 Å². The Morgan fingerprint density at radius 1 is 1.00 bits per heavy atom. The van der Waals surface area contributed by atoms with Gasteiger partial charge < -0.3 is 14.8 Å². The van der Waals surface area contributed by atoms with Crippen LogP contribution in [0.4, 0.5) is 0 Å². The lowest BCUT2D eigenvalue weighted by atomic mass is 10.2. The van der Waals surface area contributed by atoms with E-state index in [9.17, 15) is 0 Å². The van der Waals surface area contributed by atoms with Gasteiger partial charge in [0.2, 0.25) is 0 Å². The van der Waals surface area contributed by atoms with Crippen molar-refractivity contribution in [1.82, 2.24) is 5.32 Å². The van der Waals surface area contributed by atoms with Crippen LogP contribution in [0.5, 0.6) is 11.5 Å². The molecule has 0 radical (unpaired) electrons. The van der Waals surface area contributed by atoms with E-state index in [0.29, 0.717) is 6.61 Å². The van der Waals surface area contributed by atoms with E-state index in [1.165, 1.54) is 9.13 Å². The maximum Gasteiger partial charge on any atom is 0.161 e. The van der Waals surface area contributed by atoms with Crippen LogP contribution in [0, 0.1) is 3.57 Å². The zero-order valence-electron chi connectivity index (χ0n) is 12.4. The Hall–Kier alpha value is -1.27. The highest BCUT2D eigenvalue weighted by Crippen LogP contribution is 2.28. The molecule has 21 heavy (non-hydrogen) atoms. The normalized spacial score (nSPS) is 10.4. The summed E-state index contributed by atoms with van der Waals surface area (Å²) >= 11 is 2.30. The highest BCUT2D eigenvalue weighted by atomic mass is 127. The van der Waals surface area contributed by atoms with Crippen molar-refractivity contribution in [3.05, 3.63) is 57.2 Å². The fraction of sp³-hybridized carbons (Fsp3) is 0.294. The van der Waals surface area contributed by atoms with Gasteiger partial charge in [-0.25, -0.2) is 0 Å². The van der Waals surface area contributed by atoms with E-state index < -0.39 is 0 Å². The number of nitrogens with one attached hydrogen (secondary N) is 1. The molecular formula is C17H20INO2. The van der Waals surface area contributed by atoms with Crippen molar-refractivity contribution in [2.75, 3.05) is 13.7 Å². The van der Waals surface area contributed by atoms with Crippen molar-refractivity contribution in [3.8, 4) is 11.5 Å². The summed E-state index contributed by atoms with van der Waals surface area (Å²) in [5.74, 6) is 1.55. The number of benzene rings is 2. The van der Waals surface area contributed by atoms with Crippen LogP contribution in [0.2, 0.25) is 0 Å². The molecule has 0 unspecified atom stereocenters. The summed E-state index contributed by atoms with van der Waals surface area (Å²) in [5.41, 5.74) is 2.34. The smallest absolute Gasteiger partial charge is 0.161 e. The minimum absolute atomic E-state index is 0.542. The summed E-state index contributed by atoms with van der Waals surface area (Å²) in [4.78, 5) is 0. The van der Waals surface area contributed by atoms with Gasteiger partial charge >= 0.3 is 0 Å². The van der Waals surface area contributed by atoms with Gasteiger partial charge in [-0.05, 0) is 64.5 Å². The van der Waals surface area contributed by atoms with Gasteiger partial charge in [-0.3, -0.25) is 0 Å². The predicted molar refractivity (Wildman–Crippen MR) is 93.9 cm³/mol. The number of methoxy groups -OCH3 is 1. The van der Waals surface area contributed by atoms with Crippen LogP contribution in [0.3, 0.4) is 0 Å². The van der Waals surface area contributed by atoms with Gasteiger partial charge in [-0.2, -0.15) is 0 Å². The molecule has 2 rings (SSSR count). The average Bonchev–Trinajstić information content (AvgIpc) is 2.52. The number of hydrogen-bond donors (Lipinski definition) is 1. The lowest BCUT2D eigenvalue weighted by Gasteiger charge is -2.12. The first kappa shape index (κ1) is 16.1. The molecule has 112 valence electrons. The Bertz CT molecular complexity index is 570. The Morgan fingerprint density at radius 2 is 1.71 bits per heavy atom. The van der Waals surface area contributed by atoms with Crippen molar-refractivity contribution >= 4 is 22.6 Å². The SMILES string of the molecule is CCNCc1ccc(OCc2ccc(I)cc2)c(OC)c1. The van der Waals surface area contributed by atoms with Crippen LogP contribution in [-0.2, 0) is 13.2 Å². The summed E-state index contributed by atoms with van der Waals surface area (Å²) in [5, 5.41) is 3.30. The van der Waals surface area contributed by atoms with E-state index in [0.717, 1.165) is 30.2 Å². The first-order chi connectivity index (χ1) is 10.2. The quantitative estimate of drug-likeness (QED) is 0.717. The Morgan fingerprint density at radius 3 is 2.38 bits per heavy atom. The fourth-order valence-corrected chi connectivity index (χ4v) is 2.31. The molecule has 0 amide bonds. The average molecular weight is 397 g/mol. The van der Waals surface area contributed by atoms with Crippen LogP contribution in [0.15, 0.2) is 42.5 Å². The highest BCUT2D eigenvalue weighted by Gasteiger charge is 2.06.